The summed E-state index contributed by atoms with van der Waals surface area (Å²) < 4.78 is 32.6. The van der Waals surface area contributed by atoms with Crippen molar-refractivity contribution in [3.05, 3.63) is 29.8 Å². The summed E-state index contributed by atoms with van der Waals surface area (Å²) in [5, 5.41) is 0. The number of nitrogens with zero attached hydrogens (tertiary/aromatic N) is 1. The van der Waals surface area contributed by atoms with E-state index in [1.165, 1.54) is 0 Å². The fraction of sp³-hybridized carbons (Fsp3) is 0.588. The summed E-state index contributed by atoms with van der Waals surface area (Å²) in [4.78, 5) is 13.6. The number of hydrogen-bond acceptors (Lipinski definition) is 4. The first-order chi connectivity index (χ1) is 11.2. The summed E-state index contributed by atoms with van der Waals surface area (Å²) in [6.07, 6.45) is 1.25. The van der Waals surface area contributed by atoms with Gasteiger partial charge in [0.15, 0.2) is 0 Å². The first kappa shape index (κ1) is 17.2. The Morgan fingerprint density at radius 2 is 1.83 bits per heavy atom. The van der Waals surface area contributed by atoms with Crippen LogP contribution in [0.5, 0.6) is 0 Å². The second-order valence-corrected chi connectivity index (χ2v) is 9.28. The zero-order valence-corrected chi connectivity index (χ0v) is 15.1. The second kappa shape index (κ2) is 6.04. The van der Waals surface area contributed by atoms with Gasteiger partial charge >= 0.3 is 6.09 Å². The average molecular weight is 352 g/mol. The number of hydrogen-bond donors (Lipinski definition) is 1. The topological polar surface area (TPSA) is 75.7 Å². The molecule has 2 fully saturated rings. The van der Waals surface area contributed by atoms with Gasteiger partial charge in [-0.15, -0.1) is 0 Å². The van der Waals surface area contributed by atoms with Crippen molar-refractivity contribution in [2.75, 3.05) is 13.1 Å². The van der Waals surface area contributed by atoms with Crippen LogP contribution in [0.15, 0.2) is 29.2 Å². The molecule has 24 heavy (non-hydrogen) atoms. The summed E-state index contributed by atoms with van der Waals surface area (Å²) in [6.45, 7) is 6.78. The Balaban J connectivity index is 1.61. The Bertz CT molecular complexity index is 718. The van der Waals surface area contributed by atoms with Gasteiger partial charge in [0, 0.05) is 12.6 Å². The molecule has 2 aliphatic rings. The molecule has 1 aliphatic carbocycles. The molecular formula is C17H24N2O4S. The summed E-state index contributed by atoms with van der Waals surface area (Å²) in [6, 6.07) is 7.17. The van der Waals surface area contributed by atoms with E-state index in [0.29, 0.717) is 6.54 Å². The first-order valence-corrected chi connectivity index (χ1v) is 9.72. The molecule has 1 aliphatic heterocycles. The number of nitrogens with one attached hydrogen (secondary N) is 1. The maximum absolute atomic E-state index is 12.4. The smallest absolute Gasteiger partial charge is 0.410 e. The predicted molar refractivity (Wildman–Crippen MR) is 90.3 cm³/mol. The maximum Gasteiger partial charge on any atom is 0.410 e. The average Bonchev–Trinajstić information content (AvgIpc) is 3.28. The fourth-order valence-electron chi connectivity index (χ4n) is 2.75. The number of cyclic esters (lactones) is 1. The molecule has 1 atom stereocenters. The SMILES string of the molecule is CC(C)(C)c1ccc(S(=O)(=O)NCC2CN(C3CC3)C(=O)O2)cc1. The van der Waals surface area contributed by atoms with Crippen LogP contribution in [0.4, 0.5) is 4.79 Å². The molecule has 0 aromatic heterocycles. The van der Waals surface area contributed by atoms with E-state index in [4.69, 9.17) is 4.74 Å². The van der Waals surface area contributed by atoms with Crippen molar-refractivity contribution in [3.63, 3.8) is 0 Å². The molecule has 1 N–H and O–H groups in total. The zero-order chi connectivity index (χ0) is 17.5. The summed E-state index contributed by atoms with van der Waals surface area (Å²) in [7, 11) is -3.61. The van der Waals surface area contributed by atoms with Crippen LogP contribution in [0.3, 0.4) is 0 Å². The molecule has 1 aromatic carbocycles. The number of carbonyl (C=O) groups is 1. The maximum atomic E-state index is 12.4. The van der Waals surface area contributed by atoms with Crippen molar-refractivity contribution in [1.82, 2.24) is 9.62 Å². The van der Waals surface area contributed by atoms with Gasteiger partial charge in [-0.05, 0) is 36.0 Å². The number of rotatable bonds is 5. The van der Waals surface area contributed by atoms with E-state index in [1.807, 2.05) is 12.1 Å². The lowest BCUT2D eigenvalue weighted by molar-refractivity contribution is 0.133. The Kier molecular flexibility index (Phi) is 4.34. The molecule has 1 heterocycles. The summed E-state index contributed by atoms with van der Waals surface area (Å²) in [5.74, 6) is 0. The lowest BCUT2D eigenvalue weighted by Gasteiger charge is -2.19. The monoisotopic (exact) mass is 352 g/mol. The minimum atomic E-state index is -3.61. The van der Waals surface area contributed by atoms with Gasteiger partial charge in [0.2, 0.25) is 10.0 Å². The molecule has 7 heteroatoms. The minimum absolute atomic E-state index is 0.0277. The lowest BCUT2D eigenvalue weighted by atomic mass is 9.87. The molecular weight excluding hydrogens is 328 g/mol. The fourth-order valence-corrected chi connectivity index (χ4v) is 3.82. The number of sulfonamides is 1. The quantitative estimate of drug-likeness (QED) is 0.882. The van der Waals surface area contributed by atoms with Crippen LogP contribution in [-0.4, -0.2) is 44.6 Å². The molecule has 1 saturated heterocycles. The Morgan fingerprint density at radius 3 is 2.38 bits per heavy atom. The number of carbonyl (C=O) groups excluding carboxylic acids is 1. The van der Waals surface area contributed by atoms with Crippen molar-refractivity contribution in [2.45, 2.75) is 56.1 Å². The van der Waals surface area contributed by atoms with Gasteiger partial charge in [-0.2, -0.15) is 0 Å². The third-order valence-corrected chi connectivity index (χ3v) is 5.86. The van der Waals surface area contributed by atoms with Gasteiger partial charge in [0.1, 0.15) is 6.10 Å². The van der Waals surface area contributed by atoms with E-state index in [-0.39, 0.29) is 29.0 Å². The Morgan fingerprint density at radius 1 is 1.21 bits per heavy atom. The van der Waals surface area contributed by atoms with Crippen LogP contribution in [0.2, 0.25) is 0 Å². The van der Waals surface area contributed by atoms with E-state index >= 15 is 0 Å². The molecule has 1 amide bonds. The van der Waals surface area contributed by atoms with Gasteiger partial charge in [-0.25, -0.2) is 17.9 Å². The molecule has 132 valence electrons. The van der Waals surface area contributed by atoms with Crippen molar-refractivity contribution in [2.24, 2.45) is 0 Å². The second-order valence-electron chi connectivity index (χ2n) is 7.52. The molecule has 3 rings (SSSR count). The van der Waals surface area contributed by atoms with Gasteiger partial charge in [-0.3, -0.25) is 0 Å². The molecule has 0 bridgehead atoms. The highest BCUT2D eigenvalue weighted by atomic mass is 32.2. The van der Waals surface area contributed by atoms with Crippen molar-refractivity contribution >= 4 is 16.1 Å². The number of benzene rings is 1. The normalized spacial score (nSPS) is 21.9. The summed E-state index contributed by atoms with van der Waals surface area (Å²) >= 11 is 0. The van der Waals surface area contributed by atoms with Crippen LogP contribution in [-0.2, 0) is 20.2 Å². The van der Waals surface area contributed by atoms with E-state index in [1.54, 1.807) is 17.0 Å². The lowest BCUT2D eigenvalue weighted by Crippen LogP contribution is -2.35. The standard InChI is InChI=1S/C17H24N2O4S/c1-17(2,3)12-4-8-15(9-5-12)24(21,22)18-10-14-11-19(13-6-7-13)16(20)23-14/h4-5,8-9,13-14,18H,6-7,10-11H2,1-3H3. The van der Waals surface area contributed by atoms with Crippen LogP contribution < -0.4 is 4.72 Å². The predicted octanol–water partition coefficient (Wildman–Crippen LogP) is 2.25. The van der Waals surface area contributed by atoms with Crippen LogP contribution in [0.25, 0.3) is 0 Å². The van der Waals surface area contributed by atoms with Gasteiger partial charge in [0.25, 0.3) is 0 Å². The highest BCUT2D eigenvalue weighted by Gasteiger charge is 2.41. The van der Waals surface area contributed by atoms with Gasteiger partial charge < -0.3 is 9.64 Å². The van der Waals surface area contributed by atoms with E-state index in [2.05, 4.69) is 25.5 Å². The highest BCUT2D eigenvalue weighted by molar-refractivity contribution is 7.89. The minimum Gasteiger partial charge on any atom is -0.443 e. The number of amides is 1. The van der Waals surface area contributed by atoms with Crippen LogP contribution in [0, 0.1) is 0 Å². The van der Waals surface area contributed by atoms with Crippen LogP contribution >= 0.6 is 0 Å². The third kappa shape index (κ3) is 3.72. The Hall–Kier alpha value is -1.60. The summed E-state index contributed by atoms with van der Waals surface area (Å²) in [5.41, 5.74) is 1.05. The van der Waals surface area contributed by atoms with Gasteiger partial charge in [-0.1, -0.05) is 32.9 Å². The van der Waals surface area contributed by atoms with E-state index in [0.717, 1.165) is 18.4 Å². The third-order valence-electron chi connectivity index (χ3n) is 4.42. The molecule has 0 radical (unpaired) electrons. The van der Waals surface area contributed by atoms with Crippen molar-refractivity contribution in [1.29, 1.82) is 0 Å². The highest BCUT2D eigenvalue weighted by Crippen LogP contribution is 2.30. The molecule has 0 spiro atoms. The van der Waals surface area contributed by atoms with Crippen molar-refractivity contribution < 1.29 is 17.9 Å². The first-order valence-electron chi connectivity index (χ1n) is 8.24. The largest absolute Gasteiger partial charge is 0.443 e. The van der Waals surface area contributed by atoms with Crippen LogP contribution in [0.1, 0.15) is 39.2 Å². The Labute approximate surface area is 143 Å². The zero-order valence-electron chi connectivity index (χ0n) is 14.3. The van der Waals surface area contributed by atoms with Gasteiger partial charge in [0.05, 0.1) is 11.4 Å². The van der Waals surface area contributed by atoms with E-state index in [9.17, 15) is 13.2 Å². The molecule has 1 aromatic rings. The molecule has 6 nitrogen and oxygen atoms in total. The van der Waals surface area contributed by atoms with Crippen molar-refractivity contribution in [3.8, 4) is 0 Å². The molecule has 1 unspecified atom stereocenters. The number of ether oxygens (including phenoxy) is 1. The van der Waals surface area contributed by atoms with E-state index < -0.39 is 16.1 Å². The molecule has 1 saturated carbocycles.